The zero-order chi connectivity index (χ0) is 32.6. The van der Waals surface area contributed by atoms with Crippen LogP contribution in [-0.4, -0.2) is 35.7 Å². The van der Waals surface area contributed by atoms with Crippen molar-refractivity contribution in [2.45, 2.75) is 37.2 Å². The highest BCUT2D eigenvalue weighted by Gasteiger charge is 2.52. The second-order valence-electron chi connectivity index (χ2n) is 10.8. The molecular weight excluding hydrogens is 595 g/mol. The Hall–Kier alpha value is -4.93. The number of amides is 1. The van der Waals surface area contributed by atoms with Gasteiger partial charge in [0.05, 0.1) is 12.2 Å². The standard InChI is InChI=1S/C36H34F3N3O4/c1-2-20-35(34(44)42-40-24-25-8-6-11-30(23-25)36(37,38)39)32(28-14-12-27(13-15-28)26-9-4-3-5-10-26)46-33(41-35)29-16-18-31(19-17-29)45-22-7-21-43/h2-6,8-19,23,32,40,43H,1,7,20-22,24H2,(H,42,44)/t32-,35-/m0/s1. The highest BCUT2D eigenvalue weighted by molar-refractivity contribution is 6.01. The van der Waals surface area contributed by atoms with Gasteiger partial charge in [-0.2, -0.15) is 13.2 Å². The van der Waals surface area contributed by atoms with E-state index in [-0.39, 0.29) is 25.5 Å². The van der Waals surface area contributed by atoms with E-state index in [1.165, 1.54) is 12.1 Å². The maximum Gasteiger partial charge on any atom is 0.416 e. The van der Waals surface area contributed by atoms with Crippen molar-refractivity contribution in [3.8, 4) is 16.9 Å². The molecule has 1 aliphatic rings. The topological polar surface area (TPSA) is 92.2 Å². The summed E-state index contributed by atoms with van der Waals surface area (Å²) in [4.78, 5) is 18.8. The van der Waals surface area contributed by atoms with Gasteiger partial charge in [-0.05, 0) is 52.6 Å². The van der Waals surface area contributed by atoms with Gasteiger partial charge in [0, 0.05) is 31.6 Å². The van der Waals surface area contributed by atoms with Gasteiger partial charge in [0.2, 0.25) is 5.90 Å². The summed E-state index contributed by atoms with van der Waals surface area (Å²) in [5.74, 6) is 0.321. The largest absolute Gasteiger partial charge is 0.494 e. The molecule has 0 aliphatic carbocycles. The number of carbonyl (C=O) groups excluding carboxylic acids is 1. The number of aliphatic hydroxyl groups excluding tert-OH is 1. The van der Waals surface area contributed by atoms with Gasteiger partial charge in [0.15, 0.2) is 11.6 Å². The van der Waals surface area contributed by atoms with Crippen LogP contribution in [0, 0.1) is 0 Å². The Labute approximate surface area is 265 Å². The van der Waals surface area contributed by atoms with Gasteiger partial charge in [-0.25, -0.2) is 10.4 Å². The van der Waals surface area contributed by atoms with Crippen molar-refractivity contribution in [1.29, 1.82) is 0 Å². The van der Waals surface area contributed by atoms with Gasteiger partial charge in [0.25, 0.3) is 5.91 Å². The van der Waals surface area contributed by atoms with Crippen molar-refractivity contribution in [3.05, 3.63) is 138 Å². The number of nitrogens with one attached hydrogen (secondary N) is 2. The van der Waals surface area contributed by atoms with Crippen molar-refractivity contribution >= 4 is 11.8 Å². The Morgan fingerprint density at radius 2 is 1.65 bits per heavy atom. The molecule has 1 amide bonds. The third kappa shape index (κ3) is 7.47. The summed E-state index contributed by atoms with van der Waals surface area (Å²) in [5.41, 5.74) is 6.86. The minimum Gasteiger partial charge on any atom is -0.494 e. The predicted octanol–water partition coefficient (Wildman–Crippen LogP) is 6.79. The molecule has 1 aliphatic heterocycles. The molecule has 0 fully saturated rings. The van der Waals surface area contributed by atoms with Gasteiger partial charge in [-0.1, -0.05) is 78.9 Å². The summed E-state index contributed by atoms with van der Waals surface area (Å²) in [5, 5.41) is 9.02. The molecule has 1 heterocycles. The Kier molecular flexibility index (Phi) is 10.2. The number of rotatable bonds is 13. The number of aliphatic imine (C=N–C) groups is 1. The fourth-order valence-electron chi connectivity index (χ4n) is 5.21. The van der Waals surface area contributed by atoms with Gasteiger partial charge in [-0.15, -0.1) is 6.58 Å². The number of ether oxygens (including phenoxy) is 2. The number of hydrogen-bond donors (Lipinski definition) is 3. The van der Waals surface area contributed by atoms with Gasteiger partial charge in [-0.3, -0.25) is 10.2 Å². The molecule has 46 heavy (non-hydrogen) atoms. The first-order valence-corrected chi connectivity index (χ1v) is 14.8. The fraction of sp³-hybridized carbons (Fsp3) is 0.222. The van der Waals surface area contributed by atoms with Gasteiger partial charge < -0.3 is 14.6 Å². The molecule has 0 unspecified atom stereocenters. The summed E-state index contributed by atoms with van der Waals surface area (Å²) in [6.45, 7) is 4.21. The molecule has 0 bridgehead atoms. The molecule has 238 valence electrons. The first-order valence-electron chi connectivity index (χ1n) is 14.8. The van der Waals surface area contributed by atoms with Crippen molar-refractivity contribution in [1.82, 2.24) is 10.9 Å². The average Bonchev–Trinajstić information content (AvgIpc) is 3.46. The van der Waals surface area contributed by atoms with Crippen molar-refractivity contribution in [2.24, 2.45) is 4.99 Å². The van der Waals surface area contributed by atoms with Crippen LogP contribution in [-0.2, 0) is 22.3 Å². The van der Waals surface area contributed by atoms with Crippen LogP contribution in [0.4, 0.5) is 13.2 Å². The van der Waals surface area contributed by atoms with E-state index in [0.29, 0.717) is 35.5 Å². The number of hydrazine groups is 1. The lowest BCUT2D eigenvalue weighted by molar-refractivity contribution is -0.137. The maximum atomic E-state index is 14.0. The minimum atomic E-state index is -4.48. The molecule has 5 rings (SSSR count). The Bertz CT molecular complexity index is 1660. The van der Waals surface area contributed by atoms with Crippen LogP contribution in [0.2, 0.25) is 0 Å². The number of hydrogen-bond acceptors (Lipinski definition) is 6. The summed E-state index contributed by atoms with van der Waals surface area (Å²) >= 11 is 0. The minimum absolute atomic E-state index is 0.0265. The molecule has 2 atom stereocenters. The third-order valence-electron chi connectivity index (χ3n) is 7.55. The molecule has 4 aromatic rings. The van der Waals surface area contributed by atoms with E-state index >= 15 is 0 Å². The van der Waals surface area contributed by atoms with E-state index in [2.05, 4.69) is 17.4 Å². The number of halogens is 3. The van der Waals surface area contributed by atoms with E-state index in [9.17, 15) is 18.0 Å². The third-order valence-corrected chi connectivity index (χ3v) is 7.55. The van der Waals surface area contributed by atoms with Crippen LogP contribution in [0.3, 0.4) is 0 Å². The van der Waals surface area contributed by atoms with Crippen LogP contribution in [0.1, 0.15) is 41.2 Å². The normalized spacial score (nSPS) is 17.6. The summed E-state index contributed by atoms with van der Waals surface area (Å²) in [6.07, 6.45) is -3.12. The van der Waals surface area contributed by atoms with Crippen LogP contribution < -0.4 is 15.6 Å². The molecule has 0 saturated carbocycles. The molecule has 0 aromatic heterocycles. The van der Waals surface area contributed by atoms with E-state index in [0.717, 1.165) is 23.3 Å². The second-order valence-corrected chi connectivity index (χ2v) is 10.8. The average molecular weight is 630 g/mol. The maximum absolute atomic E-state index is 14.0. The van der Waals surface area contributed by atoms with E-state index in [4.69, 9.17) is 19.6 Å². The number of aliphatic hydroxyl groups is 1. The molecule has 4 aromatic carbocycles. The predicted molar refractivity (Wildman–Crippen MR) is 170 cm³/mol. The highest BCUT2D eigenvalue weighted by atomic mass is 19.4. The molecule has 0 radical (unpaired) electrons. The van der Waals surface area contributed by atoms with E-state index < -0.39 is 29.3 Å². The molecule has 3 N–H and O–H groups in total. The Morgan fingerprint density at radius 1 is 0.957 bits per heavy atom. The summed E-state index contributed by atoms with van der Waals surface area (Å²) in [6, 6.07) is 29.5. The van der Waals surface area contributed by atoms with Crippen molar-refractivity contribution in [3.63, 3.8) is 0 Å². The number of nitrogens with zero attached hydrogens (tertiary/aromatic N) is 1. The number of carbonyl (C=O) groups is 1. The fourth-order valence-corrected chi connectivity index (χ4v) is 5.21. The molecule has 7 nitrogen and oxygen atoms in total. The smallest absolute Gasteiger partial charge is 0.416 e. The SMILES string of the molecule is C=CC[C@]1(C(=O)NNCc2cccc(C(F)(F)F)c2)N=C(c2ccc(OCCCO)cc2)O[C@H]1c1ccc(-c2ccccc2)cc1. The van der Waals surface area contributed by atoms with Crippen LogP contribution in [0.5, 0.6) is 5.75 Å². The van der Waals surface area contributed by atoms with Gasteiger partial charge in [0.1, 0.15) is 5.75 Å². The number of benzene rings is 4. The summed E-state index contributed by atoms with van der Waals surface area (Å²) in [7, 11) is 0. The first kappa shape index (κ1) is 32.5. The van der Waals surface area contributed by atoms with Crippen molar-refractivity contribution in [2.75, 3.05) is 13.2 Å². The zero-order valence-electron chi connectivity index (χ0n) is 25.0. The molecule has 0 spiro atoms. The van der Waals surface area contributed by atoms with Crippen LogP contribution >= 0.6 is 0 Å². The van der Waals surface area contributed by atoms with Crippen LogP contribution in [0.15, 0.2) is 121 Å². The summed E-state index contributed by atoms with van der Waals surface area (Å²) < 4.78 is 51.7. The lowest BCUT2D eigenvalue weighted by Gasteiger charge is -2.29. The number of alkyl halides is 3. The second kappa shape index (κ2) is 14.4. The first-order chi connectivity index (χ1) is 22.2. The lowest BCUT2D eigenvalue weighted by atomic mass is 9.84. The molecule has 10 heteroatoms. The highest BCUT2D eigenvalue weighted by Crippen LogP contribution is 2.43. The molecule has 0 saturated heterocycles. The van der Waals surface area contributed by atoms with Crippen molar-refractivity contribution < 1.29 is 32.5 Å². The van der Waals surface area contributed by atoms with Gasteiger partial charge >= 0.3 is 6.18 Å². The van der Waals surface area contributed by atoms with E-state index in [1.54, 1.807) is 30.3 Å². The Balaban J connectivity index is 1.43. The Morgan fingerprint density at radius 3 is 2.33 bits per heavy atom. The lowest BCUT2D eigenvalue weighted by Crippen LogP contribution is -2.52. The molecular formula is C36H34F3N3O4. The van der Waals surface area contributed by atoms with Crippen LogP contribution in [0.25, 0.3) is 11.1 Å². The monoisotopic (exact) mass is 629 g/mol. The zero-order valence-corrected chi connectivity index (χ0v) is 25.0. The van der Waals surface area contributed by atoms with E-state index in [1.807, 2.05) is 54.6 Å². The quantitative estimate of drug-likeness (QED) is 0.0861.